The fourth-order valence-electron chi connectivity index (χ4n) is 2.43. The number of rotatable bonds is 12. The van der Waals surface area contributed by atoms with E-state index in [0.29, 0.717) is 12.1 Å². The van der Waals surface area contributed by atoms with Crippen LogP contribution >= 0.6 is 0 Å². The highest BCUT2D eigenvalue weighted by atomic mass is 32.2. The zero-order chi connectivity index (χ0) is 30.4. The largest absolute Gasteiger partial charge is 0.519 e. The van der Waals surface area contributed by atoms with Gasteiger partial charge in [-0.2, -0.15) is 74.6 Å². The predicted molar refractivity (Wildman–Crippen MR) is 86.6 cm³/mol. The second kappa shape index (κ2) is 9.81. The van der Waals surface area contributed by atoms with Gasteiger partial charge >= 0.3 is 58.1 Å². The maximum absolute atomic E-state index is 13.8. The van der Waals surface area contributed by atoms with E-state index in [2.05, 4.69) is 4.18 Å². The minimum atomic E-state index is -8.54. The second-order valence-corrected chi connectivity index (χ2v) is 8.75. The molecule has 0 aliphatic carbocycles. The molecule has 0 spiro atoms. The van der Waals surface area contributed by atoms with Crippen molar-refractivity contribution < 1.29 is 91.2 Å². The number of alkyl halides is 17. The summed E-state index contributed by atoms with van der Waals surface area (Å²) in [5, 5.41) is 0. The van der Waals surface area contributed by atoms with Crippen LogP contribution in [0.3, 0.4) is 0 Å². The minimum absolute atomic E-state index is 0.228. The molecule has 0 amide bonds. The maximum atomic E-state index is 13.8. The average Bonchev–Trinajstić information content (AvgIpc) is 2.71. The summed E-state index contributed by atoms with van der Waals surface area (Å²) in [6.07, 6.45) is -20.0. The van der Waals surface area contributed by atoms with Crippen LogP contribution in [0.2, 0.25) is 0 Å². The number of pyridine rings is 1. The highest BCUT2D eigenvalue weighted by Gasteiger charge is 2.93. The number of hydrogen-bond donors (Lipinski definition) is 0. The number of nitrogens with zero attached hydrogens (tertiary/aromatic N) is 1. The van der Waals surface area contributed by atoms with E-state index in [1.54, 1.807) is 0 Å². The monoisotopic (exact) mass is 620 g/mol. The van der Waals surface area contributed by atoms with Gasteiger partial charge < -0.3 is 0 Å². The lowest BCUT2D eigenvalue weighted by Crippen LogP contribution is -2.73. The van der Waals surface area contributed by atoms with Crippen molar-refractivity contribution in [3.8, 4) is 0 Å². The molecule has 0 aliphatic heterocycles. The molecule has 0 fully saturated rings. The normalized spacial score (nSPS) is 15.6. The van der Waals surface area contributed by atoms with Gasteiger partial charge in [0.15, 0.2) is 12.4 Å². The van der Waals surface area contributed by atoms with Gasteiger partial charge in [-0.15, -0.1) is 12.6 Å². The Morgan fingerprint density at radius 3 is 1.37 bits per heavy atom. The fraction of sp³-hybridized carbons (Fsp3) is 0.688. The first-order chi connectivity index (χ1) is 16.5. The van der Waals surface area contributed by atoms with Crippen LogP contribution in [0.5, 0.6) is 0 Å². The summed E-state index contributed by atoms with van der Waals surface area (Å²) < 4.78 is 253. The maximum Gasteiger partial charge on any atom is 0.519 e. The third kappa shape index (κ3) is 5.74. The predicted octanol–water partition coefficient (Wildman–Crippen LogP) is 6.22. The molecule has 4 nitrogen and oxygen atoms in total. The summed E-state index contributed by atoms with van der Waals surface area (Å²) in [6.45, 7) is 0. The Bertz CT molecular complexity index is 1070. The van der Waals surface area contributed by atoms with E-state index in [1.807, 2.05) is 0 Å². The molecule has 1 aromatic rings. The van der Waals surface area contributed by atoms with Crippen molar-refractivity contribution in [2.45, 2.75) is 67.1 Å². The zero-order valence-corrected chi connectivity index (χ0v) is 18.3. The fourth-order valence-corrected chi connectivity index (χ4v) is 3.33. The van der Waals surface area contributed by atoms with Gasteiger partial charge in [-0.25, -0.2) is 0 Å². The molecule has 22 heteroatoms. The Morgan fingerprint density at radius 1 is 0.553 bits per heavy atom. The molecular formula is C16H11F17NO3S+. The Kier molecular flexibility index (Phi) is 8.75. The first kappa shape index (κ1) is 33.9. The lowest BCUT2D eigenvalue weighted by molar-refractivity contribution is -0.530. The lowest BCUT2D eigenvalue weighted by Gasteiger charge is -2.42. The first-order valence-corrected chi connectivity index (χ1v) is 10.5. The standard InChI is InChI=1S/C16H11F17NO3S/c17-9(18,5-4-6-10(19,20)21)11(22,23)12(24,25)13(26,27)14(28,29)15(30,31)16(32,33)37-38(35,36)34-7-2-1-3-8-34/h1-3,7-8H,4-6H2/q+1. The van der Waals surface area contributed by atoms with E-state index in [4.69, 9.17) is 0 Å². The molecule has 0 bridgehead atoms. The molecule has 38 heavy (non-hydrogen) atoms. The SMILES string of the molecule is O=S(=O)(OC(F)(F)C(F)(F)C(F)(F)C(F)(F)C(F)(F)C(F)(F)C(F)(F)CCCC(F)(F)F)[n+]1ccccc1. The molecule has 0 saturated heterocycles. The summed E-state index contributed by atoms with van der Waals surface area (Å²) in [6, 6.07) is 2.32. The Hall–Kier alpha value is -2.13. The van der Waals surface area contributed by atoms with Crippen LogP contribution in [0.25, 0.3) is 0 Å². The zero-order valence-electron chi connectivity index (χ0n) is 17.5. The van der Waals surface area contributed by atoms with Crippen LogP contribution < -0.4 is 3.97 Å². The van der Waals surface area contributed by atoms with Crippen molar-refractivity contribution in [2.75, 3.05) is 0 Å². The Balaban J connectivity index is 3.47. The van der Waals surface area contributed by atoms with Crippen LogP contribution in [0.1, 0.15) is 19.3 Å². The summed E-state index contributed by atoms with van der Waals surface area (Å²) >= 11 is 0. The molecular weight excluding hydrogens is 609 g/mol. The van der Waals surface area contributed by atoms with Crippen molar-refractivity contribution in [3.63, 3.8) is 0 Å². The van der Waals surface area contributed by atoms with Crippen LogP contribution in [0.4, 0.5) is 74.6 Å². The van der Waals surface area contributed by atoms with Gasteiger partial charge in [0.25, 0.3) is 0 Å². The molecule has 0 radical (unpaired) electrons. The van der Waals surface area contributed by atoms with E-state index < -0.39 is 81.4 Å². The molecule has 0 aliphatic rings. The topological polar surface area (TPSA) is 47.3 Å². The summed E-state index contributed by atoms with van der Waals surface area (Å²) in [4.78, 5) is 0. The van der Waals surface area contributed by atoms with Gasteiger partial charge in [0.05, 0.1) is 0 Å². The van der Waals surface area contributed by atoms with Gasteiger partial charge in [0.2, 0.25) is 0 Å². The second-order valence-electron chi connectivity index (χ2n) is 7.31. The van der Waals surface area contributed by atoms with Gasteiger partial charge in [0.1, 0.15) is 0 Å². The summed E-state index contributed by atoms with van der Waals surface area (Å²) in [7, 11) is -6.36. The van der Waals surface area contributed by atoms with Gasteiger partial charge in [-0.05, 0) is 6.42 Å². The quantitative estimate of drug-likeness (QED) is 0.206. The van der Waals surface area contributed by atoms with Crippen LogP contribution in [-0.2, 0) is 14.5 Å². The molecule has 1 rings (SSSR count). The average molecular weight is 620 g/mol. The van der Waals surface area contributed by atoms with E-state index in [-0.39, 0.29) is 12.4 Å². The highest BCUT2D eigenvalue weighted by Crippen LogP contribution is 2.62. The first-order valence-electron chi connectivity index (χ1n) is 9.16. The van der Waals surface area contributed by atoms with Gasteiger partial charge in [0, 0.05) is 25.0 Å². The highest BCUT2D eigenvalue weighted by molar-refractivity contribution is 7.80. The van der Waals surface area contributed by atoms with Crippen LogP contribution in [-0.4, -0.2) is 56.2 Å². The van der Waals surface area contributed by atoms with Crippen molar-refractivity contribution in [2.24, 2.45) is 0 Å². The van der Waals surface area contributed by atoms with Gasteiger partial charge in [-0.3, -0.25) is 0 Å². The molecule has 1 heterocycles. The number of aromatic nitrogens is 1. The van der Waals surface area contributed by atoms with Crippen molar-refractivity contribution in [3.05, 3.63) is 30.6 Å². The van der Waals surface area contributed by atoms with Crippen LogP contribution in [0, 0.1) is 0 Å². The molecule has 0 saturated carbocycles. The van der Waals surface area contributed by atoms with Crippen molar-refractivity contribution >= 4 is 10.3 Å². The van der Waals surface area contributed by atoms with E-state index >= 15 is 0 Å². The smallest absolute Gasteiger partial charge is 0.200 e. The molecule has 0 unspecified atom stereocenters. The summed E-state index contributed by atoms with van der Waals surface area (Å²) in [5.74, 6) is -48.1. The molecule has 0 atom stereocenters. The van der Waals surface area contributed by atoms with Crippen molar-refractivity contribution in [1.29, 1.82) is 0 Å². The van der Waals surface area contributed by atoms with E-state index in [9.17, 15) is 83.1 Å². The molecule has 222 valence electrons. The van der Waals surface area contributed by atoms with Crippen molar-refractivity contribution in [1.82, 2.24) is 0 Å². The number of halogens is 17. The number of hydrogen-bond acceptors (Lipinski definition) is 3. The third-order valence-corrected chi connectivity index (χ3v) is 5.69. The third-order valence-electron chi connectivity index (χ3n) is 4.51. The Morgan fingerprint density at radius 2 is 0.947 bits per heavy atom. The molecule has 1 aromatic heterocycles. The lowest BCUT2D eigenvalue weighted by atomic mass is 9.89. The van der Waals surface area contributed by atoms with Gasteiger partial charge in [-0.1, -0.05) is 10.0 Å². The molecule has 0 aromatic carbocycles. The summed E-state index contributed by atoms with van der Waals surface area (Å²) in [5.41, 5.74) is 0. The molecule has 0 N–H and O–H groups in total. The Labute approximate surface area is 200 Å². The van der Waals surface area contributed by atoms with Crippen LogP contribution in [0.15, 0.2) is 30.6 Å². The van der Waals surface area contributed by atoms with E-state index in [0.717, 1.165) is 6.07 Å². The van der Waals surface area contributed by atoms with E-state index in [1.165, 1.54) is 0 Å². The minimum Gasteiger partial charge on any atom is -0.200 e.